The molecule has 0 saturated heterocycles. The lowest BCUT2D eigenvalue weighted by atomic mass is 10.1. The van der Waals surface area contributed by atoms with Crippen LogP contribution in [0.1, 0.15) is 26.4 Å². The second-order valence-corrected chi connectivity index (χ2v) is 5.16. The average Bonchev–Trinajstić information content (AvgIpc) is 2.59. The van der Waals surface area contributed by atoms with Crippen LogP contribution in [-0.4, -0.2) is 26.9 Å². The number of aromatic nitrogens is 1. The summed E-state index contributed by atoms with van der Waals surface area (Å²) in [7, 11) is 0. The molecule has 0 amide bonds. The summed E-state index contributed by atoms with van der Waals surface area (Å²) in [4.78, 5) is 27.6. The van der Waals surface area contributed by atoms with Gasteiger partial charge in [-0.3, -0.25) is 4.79 Å². The van der Waals surface area contributed by atoms with Crippen molar-refractivity contribution in [3.05, 3.63) is 77.5 Å². The maximum absolute atomic E-state index is 12.2. The molecule has 2 N–H and O–H groups in total. The topological polar surface area (TPSA) is 87.5 Å². The van der Waals surface area contributed by atoms with E-state index in [0.29, 0.717) is 5.69 Å². The molecule has 0 bridgehead atoms. The van der Waals surface area contributed by atoms with Crippen molar-refractivity contribution in [2.75, 3.05) is 0 Å². The number of benzene rings is 2. The van der Waals surface area contributed by atoms with Gasteiger partial charge in [-0.15, -0.1) is 0 Å². The average molecular weight is 319 g/mol. The first-order chi connectivity index (χ1) is 11.5. The summed E-state index contributed by atoms with van der Waals surface area (Å²) in [6.45, 7) is 0. The number of rotatable bonds is 4. The van der Waals surface area contributed by atoms with Crippen molar-refractivity contribution in [1.82, 2.24) is 4.98 Å². The fraction of sp³-hybridized carbons (Fsp3) is 0. The number of carbonyl (C=O) groups is 2. The Morgan fingerprint density at radius 3 is 2.58 bits per heavy atom. The van der Waals surface area contributed by atoms with Crippen molar-refractivity contribution >= 4 is 28.7 Å². The quantitative estimate of drug-likeness (QED) is 0.567. The second-order valence-electron chi connectivity index (χ2n) is 5.16. The first-order valence-corrected chi connectivity index (χ1v) is 7.19. The van der Waals surface area contributed by atoms with Gasteiger partial charge in [0, 0.05) is 5.39 Å². The standard InChI is InChI=1S/C19H13NO4/c21-17-9-6-13(19(23)24)11-15(17)18(22)10-8-14-7-5-12-3-1-2-4-16(12)20-14/h1-11,21H,(H,23,24)/b10-8+. The summed E-state index contributed by atoms with van der Waals surface area (Å²) < 4.78 is 0. The second kappa shape index (κ2) is 6.34. The van der Waals surface area contributed by atoms with Crippen molar-refractivity contribution in [2.24, 2.45) is 0 Å². The molecule has 3 rings (SSSR count). The molecule has 2 aromatic carbocycles. The highest BCUT2D eigenvalue weighted by molar-refractivity contribution is 6.09. The number of carboxylic acids is 1. The largest absolute Gasteiger partial charge is 0.507 e. The number of hydrogen-bond donors (Lipinski definition) is 2. The molecule has 0 aliphatic heterocycles. The third-order valence-electron chi connectivity index (χ3n) is 3.53. The Bertz CT molecular complexity index is 976. The SMILES string of the molecule is O=C(O)c1ccc(O)c(C(=O)/C=C/c2ccc3ccccc3n2)c1. The Kier molecular flexibility index (Phi) is 4.07. The van der Waals surface area contributed by atoms with E-state index in [1.54, 1.807) is 6.07 Å². The molecule has 0 aliphatic carbocycles. The molecule has 5 heteroatoms. The molecule has 24 heavy (non-hydrogen) atoms. The van der Waals surface area contributed by atoms with Gasteiger partial charge in [0.15, 0.2) is 5.78 Å². The maximum atomic E-state index is 12.2. The fourth-order valence-electron chi connectivity index (χ4n) is 2.29. The highest BCUT2D eigenvalue weighted by Gasteiger charge is 2.12. The lowest BCUT2D eigenvalue weighted by Crippen LogP contribution is -2.01. The number of fused-ring (bicyclic) bond motifs is 1. The number of allylic oxidation sites excluding steroid dienone is 1. The van der Waals surface area contributed by atoms with E-state index in [1.165, 1.54) is 24.3 Å². The van der Waals surface area contributed by atoms with Gasteiger partial charge < -0.3 is 10.2 Å². The summed E-state index contributed by atoms with van der Waals surface area (Å²) in [5.74, 6) is -1.92. The number of phenolic OH excluding ortho intramolecular Hbond substituents is 1. The van der Waals surface area contributed by atoms with Gasteiger partial charge >= 0.3 is 5.97 Å². The highest BCUT2D eigenvalue weighted by Crippen LogP contribution is 2.20. The molecule has 0 atom stereocenters. The zero-order chi connectivity index (χ0) is 17.1. The van der Waals surface area contributed by atoms with Crippen LogP contribution < -0.4 is 0 Å². The van der Waals surface area contributed by atoms with Crippen LogP contribution in [0.2, 0.25) is 0 Å². The van der Waals surface area contributed by atoms with Gasteiger partial charge in [-0.2, -0.15) is 0 Å². The van der Waals surface area contributed by atoms with Gasteiger partial charge in [-0.05, 0) is 42.5 Å². The lowest BCUT2D eigenvalue weighted by molar-refractivity contribution is 0.0697. The molecular weight excluding hydrogens is 306 g/mol. The van der Waals surface area contributed by atoms with Gasteiger partial charge in [0.2, 0.25) is 0 Å². The van der Waals surface area contributed by atoms with Crippen LogP contribution in [0.4, 0.5) is 0 Å². The number of hydrogen-bond acceptors (Lipinski definition) is 4. The van der Waals surface area contributed by atoms with Gasteiger partial charge in [-0.1, -0.05) is 24.3 Å². The predicted molar refractivity (Wildman–Crippen MR) is 90.2 cm³/mol. The van der Waals surface area contributed by atoms with Crippen LogP contribution in [0, 0.1) is 0 Å². The first-order valence-electron chi connectivity index (χ1n) is 7.19. The molecule has 1 heterocycles. The zero-order valence-electron chi connectivity index (χ0n) is 12.5. The Morgan fingerprint density at radius 1 is 1.00 bits per heavy atom. The van der Waals surface area contributed by atoms with Crippen LogP contribution in [0.25, 0.3) is 17.0 Å². The number of ketones is 1. The lowest BCUT2D eigenvalue weighted by Gasteiger charge is -2.02. The van der Waals surface area contributed by atoms with Crippen molar-refractivity contribution in [1.29, 1.82) is 0 Å². The third-order valence-corrected chi connectivity index (χ3v) is 3.53. The fourth-order valence-corrected chi connectivity index (χ4v) is 2.29. The summed E-state index contributed by atoms with van der Waals surface area (Å²) >= 11 is 0. The van der Waals surface area contributed by atoms with Gasteiger partial charge in [0.05, 0.1) is 22.3 Å². The van der Waals surface area contributed by atoms with E-state index in [9.17, 15) is 14.7 Å². The number of carboxylic acid groups (broad SMARTS) is 1. The molecular formula is C19H13NO4. The van der Waals surface area contributed by atoms with Crippen molar-refractivity contribution in [2.45, 2.75) is 0 Å². The van der Waals surface area contributed by atoms with E-state index < -0.39 is 11.8 Å². The van der Waals surface area contributed by atoms with E-state index in [2.05, 4.69) is 4.98 Å². The number of carbonyl (C=O) groups excluding carboxylic acids is 1. The van der Waals surface area contributed by atoms with Crippen LogP contribution >= 0.6 is 0 Å². The minimum absolute atomic E-state index is 0.0617. The smallest absolute Gasteiger partial charge is 0.335 e. The van der Waals surface area contributed by atoms with Gasteiger partial charge in [-0.25, -0.2) is 9.78 Å². The van der Waals surface area contributed by atoms with E-state index in [1.807, 2.05) is 30.3 Å². The van der Waals surface area contributed by atoms with Crippen molar-refractivity contribution < 1.29 is 19.8 Å². The molecule has 0 aliphatic rings. The van der Waals surface area contributed by atoms with Gasteiger partial charge in [0.1, 0.15) is 5.75 Å². The van der Waals surface area contributed by atoms with Crippen molar-refractivity contribution in [3.63, 3.8) is 0 Å². The number of para-hydroxylation sites is 1. The van der Waals surface area contributed by atoms with E-state index >= 15 is 0 Å². The Balaban J connectivity index is 1.89. The highest BCUT2D eigenvalue weighted by atomic mass is 16.4. The number of phenols is 1. The van der Waals surface area contributed by atoms with E-state index in [4.69, 9.17) is 5.11 Å². The minimum Gasteiger partial charge on any atom is -0.507 e. The monoisotopic (exact) mass is 319 g/mol. The van der Waals surface area contributed by atoms with E-state index in [0.717, 1.165) is 17.0 Å². The molecule has 0 saturated carbocycles. The molecule has 118 valence electrons. The zero-order valence-corrected chi connectivity index (χ0v) is 12.5. The third kappa shape index (κ3) is 3.15. The molecule has 0 radical (unpaired) electrons. The minimum atomic E-state index is -1.16. The van der Waals surface area contributed by atoms with E-state index in [-0.39, 0.29) is 16.9 Å². The van der Waals surface area contributed by atoms with Crippen LogP contribution in [0.5, 0.6) is 5.75 Å². The van der Waals surface area contributed by atoms with Gasteiger partial charge in [0.25, 0.3) is 0 Å². The molecule has 0 unspecified atom stereocenters. The molecule has 0 spiro atoms. The molecule has 1 aromatic heterocycles. The van der Waals surface area contributed by atoms with Crippen LogP contribution in [-0.2, 0) is 0 Å². The van der Waals surface area contributed by atoms with Crippen LogP contribution in [0.3, 0.4) is 0 Å². The predicted octanol–water partition coefficient (Wildman–Crippen LogP) is 3.53. The maximum Gasteiger partial charge on any atom is 0.335 e. The number of nitrogens with zero attached hydrogens (tertiary/aromatic N) is 1. The molecule has 0 fully saturated rings. The van der Waals surface area contributed by atoms with Crippen molar-refractivity contribution in [3.8, 4) is 5.75 Å². The number of aromatic hydroxyl groups is 1. The summed E-state index contributed by atoms with van der Waals surface area (Å²) in [5, 5.41) is 19.7. The Hall–Kier alpha value is -3.47. The molecule has 5 nitrogen and oxygen atoms in total. The molecule has 3 aromatic rings. The first kappa shape index (κ1) is 15.4. The number of aromatic carboxylic acids is 1. The summed E-state index contributed by atoms with van der Waals surface area (Å²) in [5.41, 5.74) is 1.28. The Morgan fingerprint density at radius 2 is 1.79 bits per heavy atom. The summed E-state index contributed by atoms with van der Waals surface area (Å²) in [6.07, 6.45) is 2.79. The Labute approximate surface area is 137 Å². The summed E-state index contributed by atoms with van der Waals surface area (Å²) in [6, 6.07) is 14.9. The van der Waals surface area contributed by atoms with Crippen LogP contribution in [0.15, 0.2) is 60.7 Å². The number of pyridine rings is 1. The normalized spacial score (nSPS) is 11.0.